The van der Waals surface area contributed by atoms with Crippen molar-refractivity contribution < 1.29 is 19.1 Å². The minimum atomic E-state index is -0.480. The number of Topliss-reactive ketones (excluding diaryl/α,β-unsaturated/α-hetero) is 1. The molecule has 2 aliphatic rings. The summed E-state index contributed by atoms with van der Waals surface area (Å²) in [4.78, 5) is 26.1. The topological polar surface area (TPSA) is 55.8 Å². The van der Waals surface area contributed by atoms with Gasteiger partial charge in [0.15, 0.2) is 0 Å². The fourth-order valence-corrected chi connectivity index (χ4v) is 3.05. The van der Waals surface area contributed by atoms with Crippen LogP contribution >= 0.6 is 0 Å². The average Bonchev–Trinajstić information content (AvgIpc) is 2.75. The predicted octanol–water partition coefficient (Wildman–Crippen LogP) is 2.10. The van der Waals surface area contributed by atoms with Gasteiger partial charge in [-0.3, -0.25) is 14.5 Å². The molecule has 0 aromatic heterocycles. The van der Waals surface area contributed by atoms with E-state index in [9.17, 15) is 9.59 Å². The zero-order valence-electron chi connectivity index (χ0n) is 12.3. The van der Waals surface area contributed by atoms with Gasteiger partial charge in [-0.05, 0) is 37.8 Å². The summed E-state index contributed by atoms with van der Waals surface area (Å²) in [6, 6.07) is 3.61. The predicted molar refractivity (Wildman–Crippen MR) is 78.0 cm³/mol. The number of methoxy groups -OCH3 is 1. The van der Waals surface area contributed by atoms with E-state index in [4.69, 9.17) is 9.47 Å². The highest BCUT2D eigenvalue weighted by molar-refractivity contribution is 6.53. The second kappa shape index (κ2) is 5.48. The van der Waals surface area contributed by atoms with Gasteiger partial charge in [0.2, 0.25) is 0 Å². The fraction of sp³-hybridized carbons (Fsp3) is 0.500. The molecule has 0 N–H and O–H groups in total. The second-order valence-electron chi connectivity index (χ2n) is 5.54. The highest BCUT2D eigenvalue weighted by Crippen LogP contribution is 2.40. The van der Waals surface area contributed by atoms with Gasteiger partial charge < -0.3 is 9.47 Å². The van der Waals surface area contributed by atoms with Crippen molar-refractivity contribution in [3.63, 3.8) is 0 Å². The second-order valence-corrected chi connectivity index (χ2v) is 5.54. The zero-order valence-corrected chi connectivity index (χ0v) is 12.3. The van der Waals surface area contributed by atoms with Crippen molar-refractivity contribution in [2.45, 2.75) is 32.3 Å². The molecule has 1 aromatic carbocycles. The molecule has 5 nitrogen and oxygen atoms in total. The van der Waals surface area contributed by atoms with Crippen LogP contribution in [-0.4, -0.2) is 38.1 Å². The van der Waals surface area contributed by atoms with Gasteiger partial charge in [0.1, 0.15) is 5.75 Å². The van der Waals surface area contributed by atoms with Gasteiger partial charge in [-0.1, -0.05) is 6.07 Å². The van der Waals surface area contributed by atoms with E-state index in [1.807, 2.05) is 13.0 Å². The van der Waals surface area contributed by atoms with Crippen LogP contribution in [0.25, 0.3) is 0 Å². The van der Waals surface area contributed by atoms with E-state index >= 15 is 0 Å². The number of nitrogens with zero attached hydrogens (tertiary/aromatic N) is 1. The minimum absolute atomic E-state index is 0.00771. The lowest BCUT2D eigenvalue weighted by atomic mass is 10.0. The van der Waals surface area contributed by atoms with E-state index in [1.165, 1.54) is 4.90 Å². The van der Waals surface area contributed by atoms with Gasteiger partial charge >= 0.3 is 0 Å². The summed E-state index contributed by atoms with van der Waals surface area (Å²) in [5, 5.41) is 0. The molecule has 1 fully saturated rings. The number of carbonyl (C=O) groups excluding carboxylic acids is 2. The fourth-order valence-electron chi connectivity index (χ4n) is 3.05. The Bertz CT molecular complexity index is 590. The lowest BCUT2D eigenvalue weighted by Crippen LogP contribution is -2.39. The largest absolute Gasteiger partial charge is 0.495 e. The van der Waals surface area contributed by atoms with Crippen LogP contribution in [0.1, 0.15) is 35.2 Å². The van der Waals surface area contributed by atoms with Crippen LogP contribution in [0.5, 0.6) is 5.75 Å². The molecule has 1 saturated heterocycles. The van der Waals surface area contributed by atoms with E-state index in [2.05, 4.69) is 0 Å². The summed E-state index contributed by atoms with van der Waals surface area (Å²) >= 11 is 0. The molecule has 5 heteroatoms. The average molecular weight is 289 g/mol. The smallest absolute Gasteiger partial charge is 0.299 e. The van der Waals surface area contributed by atoms with Gasteiger partial charge in [0.25, 0.3) is 11.7 Å². The SMILES string of the molecule is COc1ccc(C)c2c1N(C[C@@H]1CCCCO1)C(=O)C2=O. The van der Waals surface area contributed by atoms with Crippen LogP contribution in [0.15, 0.2) is 12.1 Å². The maximum absolute atomic E-state index is 12.3. The summed E-state index contributed by atoms with van der Waals surface area (Å²) in [5.74, 6) is -0.366. The molecule has 1 aromatic rings. The maximum Gasteiger partial charge on any atom is 0.299 e. The molecule has 0 spiro atoms. The Morgan fingerprint density at radius 2 is 2.14 bits per heavy atom. The summed E-state index contributed by atoms with van der Waals surface area (Å²) in [5.41, 5.74) is 1.87. The third kappa shape index (κ3) is 2.31. The Labute approximate surface area is 123 Å². The number of rotatable bonds is 3. The van der Waals surface area contributed by atoms with Gasteiger partial charge in [-0.2, -0.15) is 0 Å². The van der Waals surface area contributed by atoms with Crippen molar-refractivity contribution in [1.82, 2.24) is 0 Å². The Balaban J connectivity index is 1.98. The summed E-state index contributed by atoms with van der Waals surface area (Å²) in [6.45, 7) is 2.97. The van der Waals surface area contributed by atoms with E-state index in [-0.39, 0.29) is 6.10 Å². The molecule has 0 radical (unpaired) electrons. The molecule has 0 saturated carbocycles. The number of anilines is 1. The van der Waals surface area contributed by atoms with E-state index in [0.29, 0.717) is 23.5 Å². The molecular formula is C16H19NO4. The van der Waals surface area contributed by atoms with Crippen LogP contribution in [-0.2, 0) is 9.53 Å². The number of amides is 1. The standard InChI is InChI=1S/C16H19NO4/c1-10-6-7-12(20-2)14-13(10)15(18)16(19)17(14)9-11-5-3-4-8-21-11/h6-7,11H,3-5,8-9H2,1-2H3/t11-/m0/s1. The molecule has 0 bridgehead atoms. The highest BCUT2D eigenvalue weighted by Gasteiger charge is 2.40. The molecule has 112 valence electrons. The van der Waals surface area contributed by atoms with E-state index in [1.54, 1.807) is 13.2 Å². The molecule has 0 aliphatic carbocycles. The quantitative estimate of drug-likeness (QED) is 0.800. The number of ether oxygens (including phenoxy) is 2. The maximum atomic E-state index is 12.3. The number of hydrogen-bond acceptors (Lipinski definition) is 4. The lowest BCUT2D eigenvalue weighted by molar-refractivity contribution is -0.114. The van der Waals surface area contributed by atoms with Crippen molar-refractivity contribution in [3.8, 4) is 5.75 Å². The Kier molecular flexibility index (Phi) is 3.68. The molecule has 2 aliphatic heterocycles. The van der Waals surface area contributed by atoms with Gasteiger partial charge in [0, 0.05) is 6.61 Å². The first-order chi connectivity index (χ1) is 10.1. The first-order valence-corrected chi connectivity index (χ1v) is 7.29. The van der Waals surface area contributed by atoms with Gasteiger partial charge in [0.05, 0.1) is 31.0 Å². The molecule has 0 unspecified atom stereocenters. The van der Waals surface area contributed by atoms with E-state index in [0.717, 1.165) is 31.4 Å². The Morgan fingerprint density at radius 3 is 2.81 bits per heavy atom. The first kappa shape index (κ1) is 14.1. The zero-order chi connectivity index (χ0) is 15.0. The molecule has 1 atom stereocenters. The molecule has 1 amide bonds. The summed E-state index contributed by atoms with van der Waals surface area (Å²) in [7, 11) is 1.55. The van der Waals surface area contributed by atoms with Gasteiger partial charge in [-0.25, -0.2) is 0 Å². The van der Waals surface area contributed by atoms with Crippen molar-refractivity contribution in [1.29, 1.82) is 0 Å². The number of benzene rings is 1. The number of hydrogen-bond donors (Lipinski definition) is 0. The van der Waals surface area contributed by atoms with Crippen LogP contribution in [0.2, 0.25) is 0 Å². The third-order valence-electron chi connectivity index (χ3n) is 4.17. The lowest BCUT2D eigenvalue weighted by Gasteiger charge is -2.28. The summed E-state index contributed by atoms with van der Waals surface area (Å²) in [6.07, 6.45) is 3.06. The number of fused-ring (bicyclic) bond motifs is 1. The Morgan fingerprint density at radius 1 is 1.33 bits per heavy atom. The molecule has 21 heavy (non-hydrogen) atoms. The van der Waals surface area contributed by atoms with Crippen molar-refractivity contribution >= 4 is 17.4 Å². The van der Waals surface area contributed by atoms with Crippen LogP contribution in [0.4, 0.5) is 5.69 Å². The number of ketones is 1. The highest BCUT2D eigenvalue weighted by atomic mass is 16.5. The van der Waals surface area contributed by atoms with Crippen LogP contribution in [0, 0.1) is 6.92 Å². The molecule has 2 heterocycles. The molecular weight excluding hydrogens is 270 g/mol. The normalized spacial score (nSPS) is 21.6. The van der Waals surface area contributed by atoms with Crippen molar-refractivity contribution in [2.75, 3.05) is 25.2 Å². The van der Waals surface area contributed by atoms with Crippen LogP contribution < -0.4 is 9.64 Å². The minimum Gasteiger partial charge on any atom is -0.495 e. The Hall–Kier alpha value is -1.88. The number of carbonyl (C=O) groups is 2. The third-order valence-corrected chi connectivity index (χ3v) is 4.17. The molecule has 3 rings (SSSR count). The van der Waals surface area contributed by atoms with E-state index < -0.39 is 11.7 Å². The first-order valence-electron chi connectivity index (χ1n) is 7.29. The van der Waals surface area contributed by atoms with Crippen LogP contribution in [0.3, 0.4) is 0 Å². The monoisotopic (exact) mass is 289 g/mol. The van der Waals surface area contributed by atoms with Gasteiger partial charge in [-0.15, -0.1) is 0 Å². The van der Waals surface area contributed by atoms with Crippen molar-refractivity contribution in [2.24, 2.45) is 0 Å². The summed E-state index contributed by atoms with van der Waals surface area (Å²) < 4.78 is 11.0. The van der Waals surface area contributed by atoms with Crippen molar-refractivity contribution in [3.05, 3.63) is 23.3 Å². The number of aryl methyl sites for hydroxylation is 1.